The van der Waals surface area contributed by atoms with E-state index in [0.717, 1.165) is 12.8 Å². The summed E-state index contributed by atoms with van der Waals surface area (Å²) in [5.41, 5.74) is 2.12. The van der Waals surface area contributed by atoms with Gasteiger partial charge in [0.2, 0.25) is 5.88 Å². The number of carbonyl (C=O) groups is 1. The topological polar surface area (TPSA) is 89.9 Å². The third-order valence-electron chi connectivity index (χ3n) is 6.49. The fourth-order valence-electron chi connectivity index (χ4n) is 4.28. The van der Waals surface area contributed by atoms with E-state index in [1.54, 1.807) is 11.6 Å². The number of nitrogens with zero attached hydrogens (tertiary/aromatic N) is 3. The van der Waals surface area contributed by atoms with Crippen LogP contribution in [0, 0.1) is 6.92 Å². The van der Waals surface area contributed by atoms with Crippen LogP contribution in [-0.2, 0) is 17.9 Å². The van der Waals surface area contributed by atoms with E-state index in [1.165, 1.54) is 25.3 Å². The molecule has 1 fully saturated rings. The minimum atomic E-state index is -4.87. The third-order valence-corrected chi connectivity index (χ3v) is 6.49. The largest absolute Gasteiger partial charge is 0.573 e. The average Bonchev–Trinajstić information content (AvgIpc) is 3.15. The fraction of sp³-hybridized carbons (Fsp3) is 0.407. The monoisotopic (exact) mass is 547 g/mol. The number of para-hydroxylation sites is 1. The first-order chi connectivity index (χ1) is 18.5. The minimum Gasteiger partial charge on any atom is -0.473 e. The number of amides is 2. The van der Waals surface area contributed by atoms with Crippen molar-refractivity contribution in [1.29, 1.82) is 0 Å². The van der Waals surface area contributed by atoms with Crippen LogP contribution in [0.5, 0.6) is 11.6 Å². The maximum atomic E-state index is 12.9. The first kappa shape index (κ1) is 28.2. The van der Waals surface area contributed by atoms with Gasteiger partial charge in [0.1, 0.15) is 17.7 Å². The van der Waals surface area contributed by atoms with Crippen LogP contribution in [-0.4, -0.2) is 60.4 Å². The number of rotatable bonds is 10. The lowest BCUT2D eigenvalue weighted by molar-refractivity contribution is -0.274. The highest BCUT2D eigenvalue weighted by Crippen LogP contribution is 2.34. The van der Waals surface area contributed by atoms with Crippen molar-refractivity contribution in [3.63, 3.8) is 0 Å². The highest BCUT2D eigenvalue weighted by atomic mass is 19.4. The van der Waals surface area contributed by atoms with E-state index < -0.39 is 18.1 Å². The quantitative estimate of drug-likeness (QED) is 0.371. The van der Waals surface area contributed by atoms with Gasteiger partial charge < -0.3 is 24.4 Å². The number of hydrogen-bond acceptors (Lipinski definition) is 6. The second-order valence-corrected chi connectivity index (χ2v) is 9.59. The Morgan fingerprint density at radius 2 is 1.87 bits per heavy atom. The van der Waals surface area contributed by atoms with Gasteiger partial charge in [-0.15, -0.1) is 18.3 Å². The number of nitrogens with one attached hydrogen (secondary N) is 2. The van der Waals surface area contributed by atoms with Crippen LogP contribution in [0.4, 0.5) is 23.8 Å². The number of halogens is 3. The lowest BCUT2D eigenvalue weighted by Crippen LogP contribution is -2.46. The third kappa shape index (κ3) is 7.21. The molecule has 2 amide bonds. The number of hydrogen-bond donors (Lipinski definition) is 2. The molecule has 2 N–H and O–H groups in total. The molecule has 9 nitrogen and oxygen atoms in total. The second-order valence-electron chi connectivity index (χ2n) is 9.59. The number of alkyl halides is 3. The van der Waals surface area contributed by atoms with Crippen molar-refractivity contribution in [3.8, 4) is 17.3 Å². The van der Waals surface area contributed by atoms with Crippen LogP contribution in [0.25, 0.3) is 5.69 Å². The molecule has 0 unspecified atom stereocenters. The van der Waals surface area contributed by atoms with Gasteiger partial charge in [0.15, 0.2) is 0 Å². The maximum Gasteiger partial charge on any atom is 0.573 e. The number of urea groups is 1. The van der Waals surface area contributed by atoms with Gasteiger partial charge in [-0.1, -0.05) is 24.3 Å². The summed E-state index contributed by atoms with van der Waals surface area (Å²) in [5, 5.41) is 10.0. The summed E-state index contributed by atoms with van der Waals surface area (Å²) in [4.78, 5) is 15.1. The zero-order valence-corrected chi connectivity index (χ0v) is 22.2. The summed E-state index contributed by atoms with van der Waals surface area (Å²) in [6.45, 7) is 1.77. The predicted octanol–water partition coefficient (Wildman–Crippen LogP) is 5.02. The van der Waals surface area contributed by atoms with Gasteiger partial charge in [0.05, 0.1) is 17.9 Å². The molecular formula is C27H32F3N5O4. The fourth-order valence-corrected chi connectivity index (χ4v) is 4.28. The lowest BCUT2D eigenvalue weighted by atomic mass is 9.88. The first-order valence-corrected chi connectivity index (χ1v) is 12.4. The SMILES string of the molecule is COCc1ccc(OC(F)(F)F)c(CNC(=O)Nc2c(C)c(O[C@H]3C[C@H](N(C)C)C3)nn2-c2ccccc2)c1. The Bertz CT molecular complexity index is 1270. The van der Waals surface area contributed by atoms with Crippen molar-refractivity contribution in [2.24, 2.45) is 0 Å². The van der Waals surface area contributed by atoms with E-state index in [4.69, 9.17) is 9.47 Å². The van der Waals surface area contributed by atoms with Crippen molar-refractivity contribution >= 4 is 11.8 Å². The van der Waals surface area contributed by atoms with Gasteiger partial charge in [-0.05, 0) is 50.8 Å². The molecule has 0 bridgehead atoms. The molecule has 0 spiro atoms. The Hall–Kier alpha value is -3.77. The number of anilines is 1. The Kier molecular flexibility index (Phi) is 8.66. The van der Waals surface area contributed by atoms with Crippen LogP contribution < -0.4 is 20.1 Å². The predicted molar refractivity (Wildman–Crippen MR) is 139 cm³/mol. The van der Waals surface area contributed by atoms with Gasteiger partial charge in [-0.3, -0.25) is 5.32 Å². The van der Waals surface area contributed by atoms with Gasteiger partial charge in [-0.25, -0.2) is 9.48 Å². The Labute approximate surface area is 224 Å². The normalized spacial score (nSPS) is 17.0. The van der Waals surface area contributed by atoms with Gasteiger partial charge in [0.25, 0.3) is 0 Å². The zero-order chi connectivity index (χ0) is 28.2. The lowest BCUT2D eigenvalue weighted by Gasteiger charge is -2.38. The standard InChI is InChI=1S/C27H32F3N5O4/c1-17-24(32-26(36)31-15-19-12-18(16-37-4)10-11-23(19)39-27(28,29)30)35(20-8-6-5-7-9-20)33-25(17)38-22-13-21(14-22)34(2)3/h5-12,21-22H,13-16H2,1-4H3,(H2,31,32,36)/t21-,22-. The van der Waals surface area contributed by atoms with Crippen molar-refractivity contribution in [3.05, 3.63) is 65.2 Å². The van der Waals surface area contributed by atoms with Gasteiger partial charge in [-0.2, -0.15) is 0 Å². The van der Waals surface area contributed by atoms with Crippen molar-refractivity contribution in [2.45, 2.75) is 51.4 Å². The number of benzene rings is 2. The molecule has 0 radical (unpaired) electrons. The number of ether oxygens (including phenoxy) is 3. The Balaban J connectivity index is 1.51. The summed E-state index contributed by atoms with van der Waals surface area (Å²) in [6, 6.07) is 13.2. The highest BCUT2D eigenvalue weighted by molar-refractivity contribution is 5.89. The number of aromatic nitrogens is 2. The first-order valence-electron chi connectivity index (χ1n) is 12.4. The molecule has 1 aliphatic rings. The van der Waals surface area contributed by atoms with E-state index in [2.05, 4.69) is 25.4 Å². The van der Waals surface area contributed by atoms with E-state index in [1.807, 2.05) is 44.4 Å². The summed E-state index contributed by atoms with van der Waals surface area (Å²) >= 11 is 0. The van der Waals surface area contributed by atoms with Crippen LogP contribution in [0.1, 0.15) is 29.5 Å². The minimum absolute atomic E-state index is 0.0170. The zero-order valence-electron chi connectivity index (χ0n) is 22.2. The molecule has 1 saturated carbocycles. The van der Waals surface area contributed by atoms with E-state index >= 15 is 0 Å². The van der Waals surface area contributed by atoms with Crippen LogP contribution >= 0.6 is 0 Å². The molecule has 4 rings (SSSR count). The average molecular weight is 548 g/mol. The molecule has 0 saturated heterocycles. The smallest absolute Gasteiger partial charge is 0.473 e. The van der Waals surface area contributed by atoms with Crippen LogP contribution in [0.3, 0.4) is 0 Å². The van der Waals surface area contributed by atoms with Gasteiger partial charge in [0, 0.05) is 38.1 Å². The maximum absolute atomic E-state index is 12.9. The summed E-state index contributed by atoms with van der Waals surface area (Å²) in [7, 11) is 5.54. The van der Waals surface area contributed by atoms with Crippen molar-refractivity contribution < 1.29 is 32.2 Å². The van der Waals surface area contributed by atoms with Crippen molar-refractivity contribution in [2.75, 3.05) is 26.5 Å². The highest BCUT2D eigenvalue weighted by Gasteiger charge is 2.34. The molecule has 3 aromatic rings. The molecule has 1 heterocycles. The molecule has 12 heteroatoms. The van der Waals surface area contributed by atoms with Crippen LogP contribution in [0.15, 0.2) is 48.5 Å². The van der Waals surface area contributed by atoms with Gasteiger partial charge >= 0.3 is 12.4 Å². The summed E-state index contributed by atoms with van der Waals surface area (Å²) in [5.74, 6) is 0.391. The van der Waals surface area contributed by atoms with E-state index in [0.29, 0.717) is 34.6 Å². The van der Waals surface area contributed by atoms with Crippen LogP contribution in [0.2, 0.25) is 0 Å². The number of carbonyl (C=O) groups excluding carboxylic acids is 1. The summed E-state index contributed by atoms with van der Waals surface area (Å²) in [6.07, 6.45) is -3.11. The molecule has 2 aromatic carbocycles. The van der Waals surface area contributed by atoms with Crippen molar-refractivity contribution in [1.82, 2.24) is 20.0 Å². The van der Waals surface area contributed by atoms with E-state index in [-0.39, 0.29) is 24.8 Å². The molecule has 1 aliphatic carbocycles. The van der Waals surface area contributed by atoms with E-state index in [9.17, 15) is 18.0 Å². The molecule has 0 atom stereocenters. The molecule has 210 valence electrons. The second kappa shape index (κ2) is 12.0. The molecule has 39 heavy (non-hydrogen) atoms. The Morgan fingerprint density at radius 1 is 1.15 bits per heavy atom. The molecule has 0 aliphatic heterocycles. The molecular weight excluding hydrogens is 515 g/mol. The Morgan fingerprint density at radius 3 is 2.51 bits per heavy atom. The number of methoxy groups -OCH3 is 1. The molecule has 1 aromatic heterocycles. The summed E-state index contributed by atoms with van der Waals surface area (Å²) < 4.78 is 55.7.